The quantitative estimate of drug-likeness (QED) is 0.420. The van der Waals surface area contributed by atoms with Gasteiger partial charge in [-0.15, -0.1) is 0 Å². The number of halogens is 1. The molecule has 1 aliphatic heterocycles. The molecule has 0 saturated heterocycles. The smallest absolute Gasteiger partial charge is 0.345 e. The summed E-state index contributed by atoms with van der Waals surface area (Å²) in [5.74, 6) is -1.75. The Balaban J connectivity index is 1.72. The molecule has 1 heterocycles. The van der Waals surface area contributed by atoms with Gasteiger partial charge in [0.2, 0.25) is 0 Å². The number of benzene rings is 2. The second kappa shape index (κ2) is 6.97. The van der Waals surface area contributed by atoms with E-state index in [-0.39, 0.29) is 21.0 Å². The molecule has 0 fully saturated rings. The lowest BCUT2D eigenvalue weighted by Gasteiger charge is -2.15. The summed E-state index contributed by atoms with van der Waals surface area (Å²) in [5, 5.41) is 11.1. The number of carbonyl (C=O) groups is 2. The highest BCUT2D eigenvalue weighted by Crippen LogP contribution is 2.29. The van der Waals surface area contributed by atoms with Crippen molar-refractivity contribution in [2.45, 2.75) is 4.90 Å². The van der Waals surface area contributed by atoms with Gasteiger partial charge in [0.25, 0.3) is 21.6 Å². The Morgan fingerprint density at radius 2 is 1.93 bits per heavy atom. The molecule has 0 aliphatic carbocycles. The van der Waals surface area contributed by atoms with Crippen LogP contribution in [0.4, 0.5) is 5.69 Å². The number of carbonyl (C=O) groups excluding carboxylic acids is 2. The van der Waals surface area contributed by atoms with Crippen molar-refractivity contribution in [3.63, 3.8) is 0 Å². The Morgan fingerprint density at radius 1 is 1.22 bits per heavy atom. The van der Waals surface area contributed by atoms with Crippen LogP contribution in [0.25, 0.3) is 0 Å². The predicted octanol–water partition coefficient (Wildman–Crippen LogP) is 2.25. The Labute approximate surface area is 158 Å². The molecule has 11 heteroatoms. The van der Waals surface area contributed by atoms with Crippen molar-refractivity contribution in [3.05, 3.63) is 68.7 Å². The first-order chi connectivity index (χ1) is 12.7. The minimum atomic E-state index is -4.02. The Kier molecular flexibility index (Phi) is 4.85. The van der Waals surface area contributed by atoms with Crippen LogP contribution < -0.4 is 0 Å². The molecule has 0 radical (unpaired) electrons. The average molecular weight is 411 g/mol. The number of nitrogens with zero attached hydrogens (tertiary/aromatic N) is 2. The van der Waals surface area contributed by atoms with Gasteiger partial charge in [-0.05, 0) is 24.3 Å². The van der Waals surface area contributed by atoms with Gasteiger partial charge >= 0.3 is 5.97 Å². The van der Waals surface area contributed by atoms with Gasteiger partial charge < -0.3 is 4.74 Å². The van der Waals surface area contributed by atoms with Crippen LogP contribution in [0.5, 0.6) is 0 Å². The highest BCUT2D eigenvalue weighted by Gasteiger charge is 2.40. The van der Waals surface area contributed by atoms with E-state index in [1.165, 1.54) is 30.3 Å². The molecule has 1 amide bonds. The number of rotatable bonds is 5. The number of amides is 1. The van der Waals surface area contributed by atoms with Crippen molar-refractivity contribution >= 4 is 39.2 Å². The molecule has 0 saturated carbocycles. The third kappa shape index (κ3) is 3.36. The fourth-order valence-corrected chi connectivity index (χ4v) is 4.30. The number of hydrogen-bond acceptors (Lipinski definition) is 7. The minimum absolute atomic E-state index is 0.0390. The molecule has 140 valence electrons. The minimum Gasteiger partial charge on any atom is -0.460 e. The van der Waals surface area contributed by atoms with Gasteiger partial charge in [-0.25, -0.2) is 17.5 Å². The van der Waals surface area contributed by atoms with Crippen molar-refractivity contribution in [1.29, 1.82) is 0 Å². The molecule has 3 rings (SSSR count). The van der Waals surface area contributed by atoms with Crippen LogP contribution in [0.15, 0.2) is 47.4 Å². The molecule has 9 nitrogen and oxygen atoms in total. The Bertz CT molecular complexity index is 1070. The molecule has 0 spiro atoms. The summed E-state index contributed by atoms with van der Waals surface area (Å²) in [4.78, 5) is 34.5. The molecule has 0 atom stereocenters. The van der Waals surface area contributed by atoms with Crippen LogP contribution in [0.2, 0.25) is 5.02 Å². The van der Waals surface area contributed by atoms with Crippen molar-refractivity contribution in [1.82, 2.24) is 4.31 Å². The molecular weight excluding hydrogens is 400 g/mol. The van der Waals surface area contributed by atoms with Crippen molar-refractivity contribution in [2.75, 3.05) is 13.2 Å². The fourth-order valence-electron chi connectivity index (χ4n) is 2.58. The first-order valence-electron chi connectivity index (χ1n) is 7.50. The van der Waals surface area contributed by atoms with Gasteiger partial charge in [0, 0.05) is 11.1 Å². The Hall–Kier alpha value is -2.98. The van der Waals surface area contributed by atoms with Crippen LogP contribution in [0.3, 0.4) is 0 Å². The van der Waals surface area contributed by atoms with Gasteiger partial charge in [-0.2, -0.15) is 0 Å². The molecule has 0 unspecified atom stereocenters. The SMILES string of the molecule is O=C(OCCN1C(=O)c2ccccc2S1(=O)=O)c1ccc(Cl)cc1[N+](=O)[O-]. The molecule has 27 heavy (non-hydrogen) atoms. The standard InChI is InChI=1S/C16H11ClN2O7S/c17-10-5-6-11(13(9-10)19(22)23)16(21)26-8-7-18-15(20)12-3-1-2-4-14(12)27(18,24)25/h1-6,9H,7-8H2. The third-order valence-electron chi connectivity index (χ3n) is 3.82. The molecule has 2 aromatic carbocycles. The maximum absolute atomic E-state index is 12.4. The van der Waals surface area contributed by atoms with Crippen LogP contribution in [-0.2, 0) is 14.8 Å². The summed E-state index contributed by atoms with van der Waals surface area (Å²) >= 11 is 5.68. The van der Waals surface area contributed by atoms with E-state index in [4.69, 9.17) is 16.3 Å². The molecule has 0 N–H and O–H groups in total. The van der Waals surface area contributed by atoms with Crippen molar-refractivity contribution in [2.24, 2.45) is 0 Å². The summed E-state index contributed by atoms with van der Waals surface area (Å²) in [6.45, 7) is -0.874. The fraction of sp³-hybridized carbons (Fsp3) is 0.125. The number of ether oxygens (including phenoxy) is 1. The first kappa shape index (κ1) is 18.8. The van der Waals surface area contributed by atoms with E-state index >= 15 is 0 Å². The number of nitro benzene ring substituents is 1. The monoisotopic (exact) mass is 410 g/mol. The number of nitro groups is 1. The predicted molar refractivity (Wildman–Crippen MR) is 93.1 cm³/mol. The van der Waals surface area contributed by atoms with Gasteiger partial charge in [-0.3, -0.25) is 14.9 Å². The van der Waals surface area contributed by atoms with Crippen LogP contribution in [0, 0.1) is 10.1 Å². The van der Waals surface area contributed by atoms with E-state index in [9.17, 15) is 28.1 Å². The lowest BCUT2D eigenvalue weighted by molar-refractivity contribution is -0.385. The maximum Gasteiger partial charge on any atom is 0.345 e. The molecule has 0 bridgehead atoms. The Morgan fingerprint density at radius 3 is 2.59 bits per heavy atom. The normalized spacial score (nSPS) is 14.7. The highest BCUT2D eigenvalue weighted by atomic mass is 35.5. The summed E-state index contributed by atoms with van der Waals surface area (Å²) in [6, 6.07) is 9.15. The molecule has 2 aromatic rings. The maximum atomic E-state index is 12.4. The first-order valence-corrected chi connectivity index (χ1v) is 9.32. The van der Waals surface area contributed by atoms with Crippen LogP contribution >= 0.6 is 11.6 Å². The van der Waals surface area contributed by atoms with E-state index in [2.05, 4.69) is 0 Å². The summed E-state index contributed by atoms with van der Waals surface area (Å²) in [6.07, 6.45) is 0. The number of fused-ring (bicyclic) bond motifs is 1. The molecule has 1 aliphatic rings. The van der Waals surface area contributed by atoms with E-state index in [0.717, 1.165) is 12.1 Å². The van der Waals surface area contributed by atoms with Crippen LogP contribution in [0.1, 0.15) is 20.7 Å². The number of hydrogen-bond donors (Lipinski definition) is 0. The van der Waals surface area contributed by atoms with Gasteiger partial charge in [0.1, 0.15) is 17.1 Å². The topological polar surface area (TPSA) is 124 Å². The second-order valence-electron chi connectivity index (χ2n) is 5.43. The van der Waals surface area contributed by atoms with Gasteiger partial charge in [0.05, 0.1) is 17.0 Å². The number of sulfonamides is 1. The van der Waals surface area contributed by atoms with E-state index in [1.807, 2.05) is 0 Å². The van der Waals surface area contributed by atoms with Gasteiger partial charge in [-0.1, -0.05) is 23.7 Å². The lowest BCUT2D eigenvalue weighted by atomic mass is 10.2. The van der Waals surface area contributed by atoms with Gasteiger partial charge in [0.15, 0.2) is 0 Å². The summed E-state index contributed by atoms with van der Waals surface area (Å²) in [5.41, 5.74) is -0.828. The van der Waals surface area contributed by atoms with Crippen molar-refractivity contribution in [3.8, 4) is 0 Å². The molecular formula is C16H11ClN2O7S. The lowest BCUT2D eigenvalue weighted by Crippen LogP contribution is -2.33. The number of esters is 1. The average Bonchev–Trinajstić information content (AvgIpc) is 2.82. The third-order valence-corrected chi connectivity index (χ3v) is 5.89. The van der Waals surface area contributed by atoms with Crippen molar-refractivity contribution < 1.29 is 27.7 Å². The zero-order valence-electron chi connectivity index (χ0n) is 13.5. The highest BCUT2D eigenvalue weighted by molar-refractivity contribution is 7.90. The largest absolute Gasteiger partial charge is 0.460 e. The van der Waals surface area contributed by atoms with Crippen LogP contribution in [-0.4, -0.2) is 42.7 Å². The summed E-state index contributed by atoms with van der Waals surface area (Å²) in [7, 11) is -4.02. The van der Waals surface area contributed by atoms with E-state index in [1.54, 1.807) is 0 Å². The summed E-state index contributed by atoms with van der Waals surface area (Å²) < 4.78 is 30.3. The van der Waals surface area contributed by atoms with E-state index < -0.39 is 45.7 Å². The molecule has 0 aromatic heterocycles. The zero-order chi connectivity index (χ0) is 19.8. The van der Waals surface area contributed by atoms with E-state index in [0.29, 0.717) is 4.31 Å². The second-order valence-corrected chi connectivity index (χ2v) is 7.70. The zero-order valence-corrected chi connectivity index (χ0v) is 15.1.